The number of nitrogens with one attached hydrogen (secondary N) is 1. The summed E-state index contributed by atoms with van der Waals surface area (Å²) in [7, 11) is -1.53. The predicted molar refractivity (Wildman–Crippen MR) is 106 cm³/mol. The number of para-hydroxylation sites is 2. The van der Waals surface area contributed by atoms with Gasteiger partial charge in [0, 0.05) is 18.0 Å². The van der Waals surface area contributed by atoms with Crippen molar-refractivity contribution in [1.29, 1.82) is 0 Å². The third kappa shape index (κ3) is 4.20. The van der Waals surface area contributed by atoms with Crippen molar-refractivity contribution in [1.82, 2.24) is 14.3 Å². The zero-order chi connectivity index (χ0) is 18.6. The van der Waals surface area contributed by atoms with E-state index in [1.165, 1.54) is 11.8 Å². The molecule has 0 spiro atoms. The van der Waals surface area contributed by atoms with E-state index >= 15 is 0 Å². The second kappa shape index (κ2) is 8.11. The fourth-order valence-corrected chi connectivity index (χ4v) is 4.15. The molecular weight excluding hydrogens is 370 g/mol. The van der Waals surface area contributed by atoms with E-state index in [-0.39, 0.29) is 5.75 Å². The summed E-state index contributed by atoms with van der Waals surface area (Å²) in [5.74, 6) is 1.47. The van der Waals surface area contributed by atoms with Crippen LogP contribution < -0.4 is 9.46 Å². The summed E-state index contributed by atoms with van der Waals surface area (Å²) in [5, 5.41) is 0.826. The molecule has 0 bridgehead atoms. The van der Waals surface area contributed by atoms with Crippen molar-refractivity contribution in [3.8, 4) is 11.4 Å². The highest BCUT2D eigenvalue weighted by Gasteiger charge is 2.13. The van der Waals surface area contributed by atoms with Crippen molar-refractivity contribution < 1.29 is 13.2 Å². The van der Waals surface area contributed by atoms with E-state index in [1.807, 2.05) is 48.5 Å². The highest BCUT2D eigenvalue weighted by Crippen LogP contribution is 2.28. The number of fused-ring (bicyclic) bond motifs is 1. The predicted octanol–water partition coefficient (Wildman–Crippen LogP) is 3.07. The van der Waals surface area contributed by atoms with Crippen LogP contribution in [-0.4, -0.2) is 43.1 Å². The van der Waals surface area contributed by atoms with E-state index in [4.69, 9.17) is 9.72 Å². The van der Waals surface area contributed by atoms with Gasteiger partial charge in [0.2, 0.25) is 10.0 Å². The maximum absolute atomic E-state index is 11.5. The number of ether oxygens (including phenoxy) is 1. The first-order valence-electron chi connectivity index (χ1n) is 8.26. The van der Waals surface area contributed by atoms with Gasteiger partial charge in [0.1, 0.15) is 5.75 Å². The molecule has 3 rings (SSSR count). The number of benzene rings is 2. The number of sulfonamides is 1. The third-order valence-corrected chi connectivity index (χ3v) is 6.24. The van der Waals surface area contributed by atoms with E-state index in [9.17, 15) is 8.42 Å². The minimum absolute atomic E-state index is 0.0853. The van der Waals surface area contributed by atoms with Crippen LogP contribution in [0.1, 0.15) is 6.92 Å². The van der Waals surface area contributed by atoms with Gasteiger partial charge < -0.3 is 4.74 Å². The lowest BCUT2D eigenvalue weighted by atomic mass is 10.2. The van der Waals surface area contributed by atoms with Gasteiger partial charge >= 0.3 is 0 Å². The number of aromatic nitrogens is 2. The SMILES string of the molecule is CCS(=O)(=O)NCCSc1nc2ccccc2n1-c1ccc(OC)cc1. The van der Waals surface area contributed by atoms with Gasteiger partial charge in [-0.05, 0) is 43.3 Å². The zero-order valence-electron chi connectivity index (χ0n) is 14.7. The van der Waals surface area contributed by atoms with Gasteiger partial charge in [-0.25, -0.2) is 18.1 Å². The van der Waals surface area contributed by atoms with Crippen LogP contribution in [0.3, 0.4) is 0 Å². The number of thioether (sulfide) groups is 1. The molecule has 2 aromatic carbocycles. The first kappa shape index (κ1) is 18.8. The average molecular weight is 392 g/mol. The van der Waals surface area contributed by atoms with Crippen LogP contribution in [-0.2, 0) is 10.0 Å². The maximum atomic E-state index is 11.5. The lowest BCUT2D eigenvalue weighted by molar-refractivity contribution is 0.414. The Bertz CT molecular complexity index is 983. The van der Waals surface area contributed by atoms with Gasteiger partial charge in [-0.15, -0.1) is 0 Å². The molecule has 0 fully saturated rings. The molecule has 0 aliphatic rings. The van der Waals surface area contributed by atoms with E-state index in [1.54, 1.807) is 14.0 Å². The second-order valence-corrected chi connectivity index (χ2v) is 8.72. The molecule has 26 heavy (non-hydrogen) atoms. The zero-order valence-corrected chi connectivity index (χ0v) is 16.3. The molecule has 0 radical (unpaired) electrons. The molecule has 0 aliphatic carbocycles. The molecule has 1 aromatic heterocycles. The van der Waals surface area contributed by atoms with Gasteiger partial charge in [-0.1, -0.05) is 23.9 Å². The molecule has 8 heteroatoms. The number of rotatable bonds is 8. The van der Waals surface area contributed by atoms with Crippen LogP contribution >= 0.6 is 11.8 Å². The number of imidazole rings is 1. The van der Waals surface area contributed by atoms with Gasteiger partial charge in [0.25, 0.3) is 0 Å². The number of hydrogen-bond acceptors (Lipinski definition) is 5. The third-order valence-electron chi connectivity index (χ3n) is 3.90. The Morgan fingerprint density at radius 3 is 2.58 bits per heavy atom. The van der Waals surface area contributed by atoms with Crippen LogP contribution in [0.15, 0.2) is 53.7 Å². The Morgan fingerprint density at radius 1 is 1.15 bits per heavy atom. The van der Waals surface area contributed by atoms with Crippen LogP contribution in [0.25, 0.3) is 16.7 Å². The first-order valence-corrected chi connectivity index (χ1v) is 10.9. The molecular formula is C18H21N3O3S2. The lowest BCUT2D eigenvalue weighted by Crippen LogP contribution is -2.27. The summed E-state index contributed by atoms with van der Waals surface area (Å²) >= 11 is 1.52. The van der Waals surface area contributed by atoms with Crippen molar-refractivity contribution in [2.45, 2.75) is 12.1 Å². The van der Waals surface area contributed by atoms with E-state index < -0.39 is 10.0 Å². The van der Waals surface area contributed by atoms with Gasteiger partial charge in [0.05, 0.1) is 23.9 Å². The highest BCUT2D eigenvalue weighted by molar-refractivity contribution is 7.99. The molecule has 0 amide bonds. The number of hydrogen-bond donors (Lipinski definition) is 1. The van der Waals surface area contributed by atoms with E-state index in [0.717, 1.165) is 27.6 Å². The average Bonchev–Trinajstić information content (AvgIpc) is 3.03. The number of methoxy groups -OCH3 is 1. The van der Waals surface area contributed by atoms with Crippen molar-refractivity contribution >= 4 is 32.8 Å². The highest BCUT2D eigenvalue weighted by atomic mass is 32.2. The maximum Gasteiger partial charge on any atom is 0.211 e. The van der Waals surface area contributed by atoms with E-state index in [2.05, 4.69) is 9.29 Å². The molecule has 0 unspecified atom stereocenters. The van der Waals surface area contributed by atoms with Crippen molar-refractivity contribution in [3.05, 3.63) is 48.5 Å². The monoisotopic (exact) mass is 391 g/mol. The fourth-order valence-electron chi connectivity index (χ4n) is 2.52. The van der Waals surface area contributed by atoms with Crippen molar-refractivity contribution in [3.63, 3.8) is 0 Å². The summed E-state index contributed by atoms with van der Waals surface area (Å²) in [6.45, 7) is 1.99. The Labute approximate surface area is 157 Å². The number of nitrogens with zero attached hydrogens (tertiary/aromatic N) is 2. The molecule has 0 aliphatic heterocycles. The molecule has 6 nitrogen and oxygen atoms in total. The molecule has 0 atom stereocenters. The Kier molecular flexibility index (Phi) is 5.85. The first-order chi connectivity index (χ1) is 12.5. The second-order valence-electron chi connectivity index (χ2n) is 5.56. The standard InChI is InChI=1S/C18H21N3O3S2/c1-3-26(22,23)19-12-13-25-18-20-16-6-4-5-7-17(16)21(18)14-8-10-15(24-2)11-9-14/h4-11,19H,3,12-13H2,1-2H3. The molecule has 1 heterocycles. The van der Waals surface area contributed by atoms with Crippen LogP contribution in [0.5, 0.6) is 5.75 Å². The molecule has 0 saturated carbocycles. The van der Waals surface area contributed by atoms with Crippen molar-refractivity contribution in [2.24, 2.45) is 0 Å². The molecule has 138 valence electrons. The normalized spacial score (nSPS) is 11.8. The molecule has 0 saturated heterocycles. The van der Waals surface area contributed by atoms with Crippen LogP contribution in [0.2, 0.25) is 0 Å². The molecule has 3 aromatic rings. The Balaban J connectivity index is 1.87. The fraction of sp³-hybridized carbons (Fsp3) is 0.278. The van der Waals surface area contributed by atoms with Gasteiger partial charge in [0.15, 0.2) is 5.16 Å². The summed E-state index contributed by atoms with van der Waals surface area (Å²) < 4.78 is 33.0. The van der Waals surface area contributed by atoms with Crippen LogP contribution in [0, 0.1) is 0 Å². The smallest absolute Gasteiger partial charge is 0.211 e. The quantitative estimate of drug-likeness (QED) is 0.472. The summed E-state index contributed by atoms with van der Waals surface area (Å²) in [4.78, 5) is 4.70. The minimum atomic E-state index is -3.17. The minimum Gasteiger partial charge on any atom is -0.497 e. The topological polar surface area (TPSA) is 73.2 Å². The molecule has 1 N–H and O–H groups in total. The lowest BCUT2D eigenvalue weighted by Gasteiger charge is -2.10. The van der Waals surface area contributed by atoms with Crippen LogP contribution in [0.4, 0.5) is 0 Å². The summed E-state index contributed by atoms with van der Waals surface area (Å²) in [5.41, 5.74) is 2.89. The van der Waals surface area contributed by atoms with Crippen molar-refractivity contribution in [2.75, 3.05) is 25.2 Å². The summed E-state index contributed by atoms with van der Waals surface area (Å²) in [6.07, 6.45) is 0. The summed E-state index contributed by atoms with van der Waals surface area (Å²) in [6, 6.07) is 15.7. The Morgan fingerprint density at radius 2 is 1.88 bits per heavy atom. The van der Waals surface area contributed by atoms with E-state index in [0.29, 0.717) is 12.3 Å². The largest absolute Gasteiger partial charge is 0.497 e. The van der Waals surface area contributed by atoms with Gasteiger partial charge in [-0.3, -0.25) is 4.57 Å². The Hall–Kier alpha value is -2.03. The van der Waals surface area contributed by atoms with Gasteiger partial charge in [-0.2, -0.15) is 0 Å².